The Hall–Kier alpha value is -1.78. The molecular weight excluding hydrogens is 321 g/mol. The Morgan fingerprint density at radius 1 is 1.14 bits per heavy atom. The zero-order chi connectivity index (χ0) is 15.5. The first-order chi connectivity index (χ1) is 10.6. The molecule has 1 aromatic heterocycles. The lowest BCUT2D eigenvalue weighted by molar-refractivity contribution is 0.102. The van der Waals surface area contributed by atoms with Crippen LogP contribution in [0.1, 0.15) is 23.2 Å². The van der Waals surface area contributed by atoms with E-state index in [1.54, 1.807) is 30.6 Å². The van der Waals surface area contributed by atoms with Gasteiger partial charge in [0.05, 0.1) is 33.2 Å². The van der Waals surface area contributed by atoms with Gasteiger partial charge in [-0.05, 0) is 31.0 Å². The molecule has 6 heteroatoms. The van der Waals surface area contributed by atoms with Crippen LogP contribution in [0.25, 0.3) is 0 Å². The maximum atomic E-state index is 12.4. The summed E-state index contributed by atoms with van der Waals surface area (Å²) < 4.78 is 0. The number of hydrogen-bond acceptors (Lipinski definition) is 3. The highest BCUT2D eigenvalue weighted by Gasteiger charge is 2.16. The second-order valence-corrected chi connectivity index (χ2v) is 5.99. The fourth-order valence-electron chi connectivity index (χ4n) is 2.50. The van der Waals surface area contributed by atoms with E-state index in [4.69, 9.17) is 23.2 Å². The number of rotatable bonds is 3. The number of amides is 1. The summed E-state index contributed by atoms with van der Waals surface area (Å²) in [5, 5.41) is 3.57. The summed E-state index contributed by atoms with van der Waals surface area (Å²) in [6.07, 6.45) is 5.67. The molecule has 1 aromatic carbocycles. The van der Waals surface area contributed by atoms with Crippen molar-refractivity contribution in [1.29, 1.82) is 0 Å². The van der Waals surface area contributed by atoms with Gasteiger partial charge in [-0.15, -0.1) is 0 Å². The van der Waals surface area contributed by atoms with Gasteiger partial charge in [0, 0.05) is 19.3 Å². The number of anilines is 2. The van der Waals surface area contributed by atoms with Gasteiger partial charge in [0.25, 0.3) is 5.91 Å². The Balaban J connectivity index is 1.82. The molecule has 1 amide bonds. The number of nitrogens with one attached hydrogen (secondary N) is 1. The van der Waals surface area contributed by atoms with Crippen LogP contribution in [-0.2, 0) is 0 Å². The molecule has 1 aliphatic rings. The molecule has 2 heterocycles. The van der Waals surface area contributed by atoms with Gasteiger partial charge in [-0.2, -0.15) is 0 Å². The van der Waals surface area contributed by atoms with E-state index >= 15 is 0 Å². The van der Waals surface area contributed by atoms with Crippen molar-refractivity contribution in [3.63, 3.8) is 0 Å². The predicted molar refractivity (Wildman–Crippen MR) is 90.1 cm³/mol. The number of aromatic nitrogens is 1. The highest BCUT2D eigenvalue weighted by molar-refractivity contribution is 6.40. The molecule has 0 bridgehead atoms. The van der Waals surface area contributed by atoms with Gasteiger partial charge in [-0.3, -0.25) is 9.78 Å². The first-order valence-electron chi connectivity index (χ1n) is 7.10. The summed E-state index contributed by atoms with van der Waals surface area (Å²) in [5.74, 6) is -0.274. The standard InChI is InChI=1S/C16H15Cl2N3O/c17-13-4-3-5-14(18)15(13)20-16(22)11-8-12(10-19-9-11)21-6-1-2-7-21/h3-5,8-10H,1-2,6-7H2,(H,20,22). The van der Waals surface area contributed by atoms with Gasteiger partial charge in [-0.1, -0.05) is 29.3 Å². The Labute approximate surface area is 139 Å². The second kappa shape index (κ2) is 6.55. The Morgan fingerprint density at radius 3 is 2.50 bits per heavy atom. The molecule has 0 atom stereocenters. The lowest BCUT2D eigenvalue weighted by Crippen LogP contribution is -2.19. The first-order valence-corrected chi connectivity index (χ1v) is 7.86. The molecule has 114 valence electrons. The quantitative estimate of drug-likeness (QED) is 0.912. The normalized spacial score (nSPS) is 14.2. The Bertz CT molecular complexity index is 679. The third-order valence-corrected chi connectivity index (χ3v) is 4.29. The van der Waals surface area contributed by atoms with E-state index in [0.29, 0.717) is 21.3 Å². The molecule has 3 rings (SSSR count). The smallest absolute Gasteiger partial charge is 0.257 e. The number of benzene rings is 1. The first kappa shape index (κ1) is 15.1. The summed E-state index contributed by atoms with van der Waals surface area (Å²) in [7, 11) is 0. The number of carbonyl (C=O) groups excluding carboxylic acids is 1. The topological polar surface area (TPSA) is 45.2 Å². The summed E-state index contributed by atoms with van der Waals surface area (Å²) in [6.45, 7) is 2.01. The van der Waals surface area contributed by atoms with Crippen molar-refractivity contribution in [2.45, 2.75) is 12.8 Å². The Morgan fingerprint density at radius 2 is 1.82 bits per heavy atom. The Kier molecular flexibility index (Phi) is 4.50. The van der Waals surface area contributed by atoms with Crippen molar-refractivity contribution in [3.05, 3.63) is 52.3 Å². The van der Waals surface area contributed by atoms with E-state index in [9.17, 15) is 4.79 Å². The molecule has 0 spiro atoms. The van der Waals surface area contributed by atoms with Crippen molar-refractivity contribution in [3.8, 4) is 0 Å². The number of pyridine rings is 1. The van der Waals surface area contributed by atoms with Crippen molar-refractivity contribution in [2.24, 2.45) is 0 Å². The SMILES string of the molecule is O=C(Nc1c(Cl)cccc1Cl)c1cncc(N2CCCC2)c1. The summed E-state index contributed by atoms with van der Waals surface area (Å²) in [6, 6.07) is 6.94. The van der Waals surface area contributed by atoms with Crippen molar-refractivity contribution in [1.82, 2.24) is 4.98 Å². The van der Waals surface area contributed by atoms with E-state index in [-0.39, 0.29) is 5.91 Å². The maximum Gasteiger partial charge on any atom is 0.257 e. The summed E-state index contributed by atoms with van der Waals surface area (Å²) in [4.78, 5) is 18.8. The van der Waals surface area contributed by atoms with Gasteiger partial charge >= 0.3 is 0 Å². The van der Waals surface area contributed by atoms with Crippen LogP contribution in [0.15, 0.2) is 36.7 Å². The van der Waals surface area contributed by atoms with E-state index in [1.807, 2.05) is 6.07 Å². The molecule has 4 nitrogen and oxygen atoms in total. The number of halogens is 2. The zero-order valence-corrected chi connectivity index (χ0v) is 13.4. The van der Waals surface area contributed by atoms with Crippen molar-refractivity contribution < 1.29 is 4.79 Å². The van der Waals surface area contributed by atoms with Crippen LogP contribution in [0.3, 0.4) is 0 Å². The third-order valence-electron chi connectivity index (χ3n) is 3.66. The summed E-state index contributed by atoms with van der Waals surface area (Å²) in [5.41, 5.74) is 1.87. The fourth-order valence-corrected chi connectivity index (χ4v) is 3.00. The largest absolute Gasteiger partial charge is 0.370 e. The highest BCUT2D eigenvalue weighted by Crippen LogP contribution is 2.30. The summed E-state index contributed by atoms with van der Waals surface area (Å²) >= 11 is 12.1. The molecule has 1 N–H and O–H groups in total. The molecule has 2 aromatic rings. The van der Waals surface area contributed by atoms with E-state index in [1.165, 1.54) is 12.8 Å². The minimum atomic E-state index is -0.274. The zero-order valence-electron chi connectivity index (χ0n) is 11.9. The average Bonchev–Trinajstić information content (AvgIpc) is 3.05. The number of para-hydroxylation sites is 1. The van der Waals surface area contributed by atoms with Gasteiger partial charge in [0.2, 0.25) is 0 Å². The second-order valence-electron chi connectivity index (χ2n) is 5.18. The lowest BCUT2D eigenvalue weighted by Gasteiger charge is -2.17. The molecule has 0 aliphatic carbocycles. The van der Waals surface area contributed by atoms with Crippen LogP contribution in [0.2, 0.25) is 10.0 Å². The molecule has 0 saturated carbocycles. The van der Waals surface area contributed by atoms with Crippen molar-refractivity contribution >= 4 is 40.5 Å². The number of nitrogens with zero attached hydrogens (tertiary/aromatic N) is 2. The van der Waals surface area contributed by atoms with E-state index in [2.05, 4.69) is 15.2 Å². The van der Waals surface area contributed by atoms with Crippen LogP contribution >= 0.6 is 23.2 Å². The molecule has 0 radical (unpaired) electrons. The minimum Gasteiger partial charge on any atom is -0.370 e. The van der Waals surface area contributed by atoms with Crippen LogP contribution in [0.4, 0.5) is 11.4 Å². The highest BCUT2D eigenvalue weighted by atomic mass is 35.5. The fraction of sp³-hybridized carbons (Fsp3) is 0.250. The van der Waals surface area contributed by atoms with E-state index in [0.717, 1.165) is 18.8 Å². The molecule has 0 unspecified atom stereocenters. The maximum absolute atomic E-state index is 12.4. The monoisotopic (exact) mass is 335 g/mol. The number of carbonyl (C=O) groups is 1. The van der Waals surface area contributed by atoms with Gasteiger partial charge < -0.3 is 10.2 Å². The minimum absolute atomic E-state index is 0.274. The van der Waals surface area contributed by atoms with Crippen molar-refractivity contribution in [2.75, 3.05) is 23.3 Å². The molecule has 1 saturated heterocycles. The average molecular weight is 336 g/mol. The molecule has 1 aliphatic heterocycles. The van der Waals surface area contributed by atoms with Gasteiger partial charge in [0.1, 0.15) is 0 Å². The van der Waals surface area contributed by atoms with Crippen LogP contribution in [0.5, 0.6) is 0 Å². The van der Waals surface area contributed by atoms with Crippen LogP contribution in [0, 0.1) is 0 Å². The van der Waals surface area contributed by atoms with Crippen LogP contribution < -0.4 is 10.2 Å². The van der Waals surface area contributed by atoms with Gasteiger partial charge in [-0.25, -0.2) is 0 Å². The molecule has 1 fully saturated rings. The van der Waals surface area contributed by atoms with Crippen LogP contribution in [-0.4, -0.2) is 24.0 Å². The molecule has 22 heavy (non-hydrogen) atoms. The molecular formula is C16H15Cl2N3O. The lowest BCUT2D eigenvalue weighted by atomic mass is 10.2. The third kappa shape index (κ3) is 3.18. The van der Waals surface area contributed by atoms with E-state index < -0.39 is 0 Å². The number of hydrogen-bond donors (Lipinski definition) is 1. The predicted octanol–water partition coefficient (Wildman–Crippen LogP) is 4.24. The van der Waals surface area contributed by atoms with Gasteiger partial charge in [0.15, 0.2) is 0 Å².